The van der Waals surface area contributed by atoms with E-state index < -0.39 is 0 Å². The largest absolute Gasteiger partial charge is 0.482 e. The van der Waals surface area contributed by atoms with Crippen LogP contribution in [-0.4, -0.2) is 17.1 Å². The monoisotopic (exact) mass is 321 g/mol. The van der Waals surface area contributed by atoms with E-state index in [9.17, 15) is 4.79 Å². The van der Waals surface area contributed by atoms with Crippen LogP contribution in [0, 0.1) is 0 Å². The fourth-order valence-electron chi connectivity index (χ4n) is 2.43. The lowest BCUT2D eigenvalue weighted by atomic mass is 10.1. The van der Waals surface area contributed by atoms with Crippen LogP contribution in [0.4, 0.5) is 0 Å². The van der Waals surface area contributed by atoms with E-state index in [0.717, 1.165) is 17.0 Å². The van der Waals surface area contributed by atoms with Crippen molar-refractivity contribution in [2.75, 3.05) is 6.61 Å². The Hall–Kier alpha value is -3.01. The van der Waals surface area contributed by atoms with Gasteiger partial charge in [0.05, 0.1) is 0 Å². The van der Waals surface area contributed by atoms with Crippen LogP contribution in [0.5, 0.6) is 5.75 Å². The number of hydrogen-bond acceptors (Lipinski definition) is 3. The quantitative estimate of drug-likeness (QED) is 0.640. The molecule has 0 aliphatic rings. The van der Waals surface area contributed by atoms with Gasteiger partial charge in [-0.1, -0.05) is 30.3 Å². The van der Waals surface area contributed by atoms with Gasteiger partial charge in [-0.05, 0) is 42.0 Å². The first-order valence-corrected chi connectivity index (χ1v) is 7.81. The number of hydrogen-bond donors (Lipinski definition) is 0. The molecule has 0 fully saturated rings. The highest BCUT2D eigenvalue weighted by molar-refractivity contribution is 5.65. The molecule has 1 aromatic heterocycles. The van der Waals surface area contributed by atoms with Crippen molar-refractivity contribution < 1.29 is 14.3 Å². The van der Waals surface area contributed by atoms with Gasteiger partial charge in [0.15, 0.2) is 6.10 Å². The smallest absolute Gasteiger partial charge is 0.302 e. The van der Waals surface area contributed by atoms with Gasteiger partial charge >= 0.3 is 5.97 Å². The zero-order valence-electron chi connectivity index (χ0n) is 13.5. The molecule has 0 saturated carbocycles. The normalized spacial score (nSPS) is 11.7. The second kappa shape index (κ2) is 7.51. The predicted molar refractivity (Wildman–Crippen MR) is 92.2 cm³/mol. The molecule has 0 aliphatic heterocycles. The molecule has 0 spiro atoms. The molecule has 1 heterocycles. The van der Waals surface area contributed by atoms with Gasteiger partial charge in [0.2, 0.25) is 0 Å². The van der Waals surface area contributed by atoms with Crippen LogP contribution >= 0.6 is 0 Å². The summed E-state index contributed by atoms with van der Waals surface area (Å²) in [6.45, 7) is 1.58. The Balaban J connectivity index is 1.75. The van der Waals surface area contributed by atoms with E-state index in [2.05, 4.69) is 0 Å². The van der Waals surface area contributed by atoms with Crippen molar-refractivity contribution >= 4 is 5.97 Å². The summed E-state index contributed by atoms with van der Waals surface area (Å²) in [5.74, 6) is 0.411. The van der Waals surface area contributed by atoms with Crippen LogP contribution < -0.4 is 4.74 Å². The third-order valence-electron chi connectivity index (χ3n) is 3.63. The van der Waals surface area contributed by atoms with Gasteiger partial charge in [0.25, 0.3) is 0 Å². The average Bonchev–Trinajstić information content (AvgIpc) is 3.14. The molecule has 24 heavy (non-hydrogen) atoms. The zero-order chi connectivity index (χ0) is 16.8. The van der Waals surface area contributed by atoms with Gasteiger partial charge in [0, 0.05) is 25.0 Å². The standard InChI is InChI=1S/C20H19NO3/c1-16(22)23-15-20(17-7-3-2-4-8-17)24-19-11-9-18(10-12-19)21-13-5-6-14-21/h2-14,20H,15H2,1H3. The summed E-state index contributed by atoms with van der Waals surface area (Å²) < 4.78 is 13.2. The molecule has 0 N–H and O–H groups in total. The lowest BCUT2D eigenvalue weighted by molar-refractivity contribution is -0.143. The first-order valence-electron chi connectivity index (χ1n) is 7.81. The Bertz CT molecular complexity index is 764. The Morgan fingerprint density at radius 1 is 0.958 bits per heavy atom. The van der Waals surface area contributed by atoms with E-state index in [1.165, 1.54) is 6.92 Å². The molecule has 3 rings (SSSR count). The molecule has 4 nitrogen and oxygen atoms in total. The molecule has 2 aromatic carbocycles. The van der Waals surface area contributed by atoms with Crippen LogP contribution in [-0.2, 0) is 9.53 Å². The number of carbonyl (C=O) groups is 1. The molecular formula is C20H19NO3. The third kappa shape index (κ3) is 4.04. The molecule has 4 heteroatoms. The van der Waals surface area contributed by atoms with Crippen LogP contribution in [0.15, 0.2) is 79.1 Å². The topological polar surface area (TPSA) is 40.5 Å². The number of aromatic nitrogens is 1. The van der Waals surface area contributed by atoms with Crippen LogP contribution in [0.25, 0.3) is 5.69 Å². The summed E-state index contributed by atoms with van der Waals surface area (Å²) in [7, 11) is 0. The maximum Gasteiger partial charge on any atom is 0.302 e. The summed E-state index contributed by atoms with van der Waals surface area (Å²) in [5, 5.41) is 0. The molecule has 1 unspecified atom stereocenters. The van der Waals surface area contributed by atoms with Crippen molar-refractivity contribution in [2.45, 2.75) is 13.0 Å². The number of nitrogens with zero attached hydrogens (tertiary/aromatic N) is 1. The van der Waals surface area contributed by atoms with Crippen molar-refractivity contribution in [1.29, 1.82) is 0 Å². The van der Waals surface area contributed by atoms with E-state index >= 15 is 0 Å². The zero-order valence-corrected chi connectivity index (χ0v) is 13.5. The van der Waals surface area contributed by atoms with E-state index in [1.54, 1.807) is 0 Å². The molecule has 0 aliphatic carbocycles. The van der Waals surface area contributed by atoms with Crippen LogP contribution in [0.1, 0.15) is 18.6 Å². The molecule has 0 radical (unpaired) electrons. The molecule has 122 valence electrons. The number of benzene rings is 2. The molecule has 0 amide bonds. The van der Waals surface area contributed by atoms with Crippen molar-refractivity contribution in [3.05, 3.63) is 84.7 Å². The van der Waals surface area contributed by atoms with Crippen LogP contribution in [0.2, 0.25) is 0 Å². The van der Waals surface area contributed by atoms with Crippen molar-refractivity contribution in [1.82, 2.24) is 4.57 Å². The Morgan fingerprint density at radius 2 is 1.62 bits per heavy atom. The highest BCUT2D eigenvalue weighted by Gasteiger charge is 2.15. The van der Waals surface area contributed by atoms with Gasteiger partial charge in [0.1, 0.15) is 12.4 Å². The third-order valence-corrected chi connectivity index (χ3v) is 3.63. The molecule has 0 saturated heterocycles. The minimum atomic E-state index is -0.340. The van der Waals surface area contributed by atoms with E-state index in [1.807, 2.05) is 83.7 Å². The lowest BCUT2D eigenvalue weighted by Gasteiger charge is -2.19. The van der Waals surface area contributed by atoms with Crippen molar-refractivity contribution in [3.63, 3.8) is 0 Å². The Morgan fingerprint density at radius 3 is 2.25 bits per heavy atom. The SMILES string of the molecule is CC(=O)OCC(Oc1ccc(-n2cccc2)cc1)c1ccccc1. The van der Waals surface area contributed by atoms with Crippen LogP contribution in [0.3, 0.4) is 0 Å². The predicted octanol–water partition coefficient (Wildman–Crippen LogP) is 4.16. The Labute approximate surface area is 141 Å². The summed E-state index contributed by atoms with van der Waals surface area (Å²) in [5.41, 5.74) is 2.02. The fourth-order valence-corrected chi connectivity index (χ4v) is 2.43. The van der Waals surface area contributed by atoms with Crippen molar-refractivity contribution in [2.24, 2.45) is 0 Å². The summed E-state index contributed by atoms with van der Waals surface area (Å²) in [4.78, 5) is 11.1. The number of ether oxygens (including phenoxy) is 2. The van der Waals surface area contributed by atoms with Gasteiger partial charge in [-0.3, -0.25) is 4.79 Å². The molecule has 0 bridgehead atoms. The van der Waals surface area contributed by atoms with Gasteiger partial charge in [-0.15, -0.1) is 0 Å². The average molecular weight is 321 g/mol. The first kappa shape index (κ1) is 15.9. The van der Waals surface area contributed by atoms with Gasteiger partial charge in [-0.2, -0.15) is 0 Å². The summed E-state index contributed by atoms with van der Waals surface area (Å²) >= 11 is 0. The van der Waals surface area contributed by atoms with E-state index in [4.69, 9.17) is 9.47 Å². The van der Waals surface area contributed by atoms with Crippen molar-refractivity contribution in [3.8, 4) is 11.4 Å². The summed E-state index contributed by atoms with van der Waals surface area (Å²) in [6, 6.07) is 21.5. The Kier molecular flexibility index (Phi) is 4.96. The summed E-state index contributed by atoms with van der Waals surface area (Å²) in [6.07, 6.45) is 3.64. The minimum Gasteiger partial charge on any atom is -0.482 e. The second-order valence-corrected chi connectivity index (χ2v) is 5.40. The molecule has 1 atom stereocenters. The van der Waals surface area contributed by atoms with E-state index in [0.29, 0.717) is 0 Å². The highest BCUT2D eigenvalue weighted by Crippen LogP contribution is 2.23. The maximum atomic E-state index is 11.1. The first-order chi connectivity index (χ1) is 11.7. The number of rotatable bonds is 6. The maximum absolute atomic E-state index is 11.1. The minimum absolute atomic E-state index is 0.179. The lowest BCUT2D eigenvalue weighted by Crippen LogP contribution is -2.16. The fraction of sp³-hybridized carbons (Fsp3) is 0.150. The molecular weight excluding hydrogens is 302 g/mol. The highest BCUT2D eigenvalue weighted by atomic mass is 16.6. The number of esters is 1. The van der Waals surface area contributed by atoms with E-state index in [-0.39, 0.29) is 18.7 Å². The van der Waals surface area contributed by atoms with Gasteiger partial charge < -0.3 is 14.0 Å². The molecule has 3 aromatic rings. The van der Waals surface area contributed by atoms with Gasteiger partial charge in [-0.25, -0.2) is 0 Å². The number of carbonyl (C=O) groups excluding carboxylic acids is 1. The second-order valence-electron chi connectivity index (χ2n) is 5.40.